The fourth-order valence-electron chi connectivity index (χ4n) is 4.28. The molecule has 0 unspecified atom stereocenters. The van der Waals surface area contributed by atoms with Crippen LogP contribution in [0.4, 0.5) is 5.95 Å². The largest absolute Gasteiger partial charge is 0.355 e. The number of benzene rings is 1. The van der Waals surface area contributed by atoms with E-state index in [0.29, 0.717) is 19.5 Å². The summed E-state index contributed by atoms with van der Waals surface area (Å²) in [7, 11) is 2.02. The van der Waals surface area contributed by atoms with E-state index in [1.54, 1.807) is 0 Å². The van der Waals surface area contributed by atoms with Crippen LogP contribution < -0.4 is 10.2 Å². The maximum atomic E-state index is 12.8. The van der Waals surface area contributed by atoms with Crippen molar-refractivity contribution in [1.29, 1.82) is 0 Å². The lowest BCUT2D eigenvalue weighted by atomic mass is 9.97. The quantitative estimate of drug-likeness (QED) is 0.553. The number of para-hydroxylation sites is 2. The number of carbonyl (C=O) groups is 1. The van der Waals surface area contributed by atoms with Crippen molar-refractivity contribution in [3.8, 4) is 0 Å². The van der Waals surface area contributed by atoms with Gasteiger partial charge in [0.05, 0.1) is 17.0 Å². The van der Waals surface area contributed by atoms with E-state index >= 15 is 0 Å². The third-order valence-corrected chi connectivity index (χ3v) is 5.90. The Morgan fingerprint density at radius 3 is 2.93 bits per heavy atom. The Morgan fingerprint density at radius 2 is 2.03 bits per heavy atom. The van der Waals surface area contributed by atoms with Crippen LogP contribution in [0, 0.1) is 5.92 Å². The maximum Gasteiger partial charge on any atom is 0.231 e. The van der Waals surface area contributed by atoms with E-state index in [4.69, 9.17) is 0 Å². The van der Waals surface area contributed by atoms with Crippen LogP contribution in [0.3, 0.4) is 0 Å². The minimum absolute atomic E-state index is 0.0461. The number of carbonyl (C=O) groups excluding carboxylic acids is 1. The van der Waals surface area contributed by atoms with Crippen molar-refractivity contribution < 1.29 is 4.79 Å². The van der Waals surface area contributed by atoms with Gasteiger partial charge in [0.1, 0.15) is 5.82 Å². The number of nitrogens with one attached hydrogen (secondary N) is 1. The molecule has 0 radical (unpaired) electrons. The van der Waals surface area contributed by atoms with Crippen molar-refractivity contribution in [1.82, 2.24) is 29.5 Å². The standard InChI is InChI=1S/C22H25N7O/c1-27-18-9-3-2-8-17(18)24-19(27)11-12-23-21(30)16-7-6-13-28(15-16)22-26-25-20-10-4-5-14-29(20)22/h2-5,8-10,14,16H,6-7,11-13,15H2,1H3,(H,23,30)/t16-/m0/s1. The van der Waals surface area contributed by atoms with Crippen LogP contribution in [0.1, 0.15) is 18.7 Å². The van der Waals surface area contributed by atoms with Gasteiger partial charge in [-0.3, -0.25) is 9.20 Å². The monoisotopic (exact) mass is 403 g/mol. The number of anilines is 1. The van der Waals surface area contributed by atoms with E-state index in [1.165, 1.54) is 0 Å². The van der Waals surface area contributed by atoms with Crippen LogP contribution in [-0.2, 0) is 18.3 Å². The van der Waals surface area contributed by atoms with Gasteiger partial charge in [-0.1, -0.05) is 18.2 Å². The van der Waals surface area contributed by atoms with E-state index in [2.05, 4.69) is 36.0 Å². The minimum atomic E-state index is -0.0461. The molecule has 30 heavy (non-hydrogen) atoms. The van der Waals surface area contributed by atoms with Gasteiger partial charge in [0.2, 0.25) is 11.9 Å². The highest BCUT2D eigenvalue weighted by Gasteiger charge is 2.28. The molecule has 1 amide bonds. The summed E-state index contributed by atoms with van der Waals surface area (Å²) in [5.41, 5.74) is 2.92. The first-order chi connectivity index (χ1) is 14.7. The second kappa shape index (κ2) is 7.78. The van der Waals surface area contributed by atoms with Crippen LogP contribution >= 0.6 is 0 Å². The molecule has 4 heterocycles. The average molecular weight is 403 g/mol. The molecule has 1 saturated heterocycles. The van der Waals surface area contributed by atoms with Gasteiger partial charge >= 0.3 is 0 Å². The number of imidazole rings is 1. The number of rotatable bonds is 5. The SMILES string of the molecule is Cn1c(CCNC(=O)[C@H]2CCCN(c3nnc4ccccn34)C2)nc2ccccc21. The molecule has 0 aliphatic carbocycles. The van der Waals surface area contributed by atoms with Gasteiger partial charge in [-0.15, -0.1) is 10.2 Å². The number of aromatic nitrogens is 5. The van der Waals surface area contributed by atoms with Crippen LogP contribution in [0.15, 0.2) is 48.7 Å². The molecular weight excluding hydrogens is 378 g/mol. The zero-order chi connectivity index (χ0) is 20.5. The second-order valence-electron chi connectivity index (χ2n) is 7.83. The Hall–Kier alpha value is -3.42. The summed E-state index contributed by atoms with van der Waals surface area (Å²) in [6.07, 6.45) is 4.53. The van der Waals surface area contributed by atoms with E-state index in [0.717, 1.165) is 47.8 Å². The molecule has 1 aliphatic rings. The molecule has 8 heteroatoms. The predicted octanol–water partition coefficient (Wildman–Crippen LogP) is 2.19. The van der Waals surface area contributed by atoms with Crippen molar-refractivity contribution in [2.45, 2.75) is 19.3 Å². The molecule has 1 N–H and O–H groups in total. The Balaban J connectivity index is 1.21. The number of amides is 1. The Labute approximate surface area is 174 Å². The molecular formula is C22H25N7O. The number of hydrogen-bond donors (Lipinski definition) is 1. The smallest absolute Gasteiger partial charge is 0.231 e. The van der Waals surface area contributed by atoms with E-state index in [-0.39, 0.29) is 11.8 Å². The third kappa shape index (κ3) is 3.38. The van der Waals surface area contributed by atoms with Crippen molar-refractivity contribution in [2.75, 3.05) is 24.5 Å². The summed E-state index contributed by atoms with van der Waals surface area (Å²) in [5.74, 6) is 1.85. The number of nitrogens with zero attached hydrogens (tertiary/aromatic N) is 6. The number of fused-ring (bicyclic) bond motifs is 2. The van der Waals surface area contributed by atoms with E-state index in [9.17, 15) is 4.79 Å². The predicted molar refractivity (Wildman–Crippen MR) is 115 cm³/mol. The highest BCUT2D eigenvalue weighted by atomic mass is 16.1. The first kappa shape index (κ1) is 18.6. The topological polar surface area (TPSA) is 80.4 Å². The number of pyridine rings is 1. The van der Waals surface area contributed by atoms with Crippen LogP contribution in [-0.4, -0.2) is 49.7 Å². The average Bonchev–Trinajstić information content (AvgIpc) is 3.35. The lowest BCUT2D eigenvalue weighted by Gasteiger charge is -2.31. The highest BCUT2D eigenvalue weighted by molar-refractivity contribution is 5.79. The fourth-order valence-corrected chi connectivity index (χ4v) is 4.28. The molecule has 5 rings (SSSR count). The Kier molecular flexibility index (Phi) is 4.82. The summed E-state index contributed by atoms with van der Waals surface area (Å²) in [4.78, 5) is 19.7. The molecule has 154 valence electrons. The zero-order valence-corrected chi connectivity index (χ0v) is 17.0. The van der Waals surface area contributed by atoms with Crippen molar-refractivity contribution >= 4 is 28.5 Å². The summed E-state index contributed by atoms with van der Waals surface area (Å²) in [6.45, 7) is 2.13. The van der Waals surface area contributed by atoms with Gasteiger partial charge in [0, 0.05) is 39.3 Å². The lowest BCUT2D eigenvalue weighted by Crippen LogP contribution is -2.44. The van der Waals surface area contributed by atoms with Gasteiger partial charge in [0.15, 0.2) is 5.65 Å². The van der Waals surface area contributed by atoms with Crippen LogP contribution in [0.2, 0.25) is 0 Å². The maximum absolute atomic E-state index is 12.8. The molecule has 0 spiro atoms. The first-order valence-electron chi connectivity index (χ1n) is 10.4. The molecule has 8 nitrogen and oxygen atoms in total. The lowest BCUT2D eigenvalue weighted by molar-refractivity contribution is -0.125. The summed E-state index contributed by atoms with van der Waals surface area (Å²) >= 11 is 0. The highest BCUT2D eigenvalue weighted by Crippen LogP contribution is 2.22. The molecule has 1 aromatic carbocycles. The summed E-state index contributed by atoms with van der Waals surface area (Å²) in [5, 5.41) is 11.7. The second-order valence-corrected chi connectivity index (χ2v) is 7.83. The van der Waals surface area contributed by atoms with Crippen molar-refractivity contribution in [2.24, 2.45) is 13.0 Å². The van der Waals surface area contributed by atoms with Crippen molar-refractivity contribution in [3.05, 3.63) is 54.5 Å². The summed E-state index contributed by atoms with van der Waals surface area (Å²) < 4.78 is 4.08. The van der Waals surface area contributed by atoms with Crippen LogP contribution in [0.25, 0.3) is 16.7 Å². The first-order valence-corrected chi connectivity index (χ1v) is 10.4. The molecule has 1 atom stereocenters. The molecule has 4 aromatic rings. The molecule has 1 aliphatic heterocycles. The molecule has 0 bridgehead atoms. The minimum Gasteiger partial charge on any atom is -0.355 e. The fraction of sp³-hybridized carbons (Fsp3) is 0.364. The zero-order valence-electron chi connectivity index (χ0n) is 17.0. The third-order valence-electron chi connectivity index (χ3n) is 5.90. The van der Waals surface area contributed by atoms with Gasteiger partial charge < -0.3 is 14.8 Å². The van der Waals surface area contributed by atoms with Crippen molar-refractivity contribution in [3.63, 3.8) is 0 Å². The van der Waals surface area contributed by atoms with E-state index < -0.39 is 0 Å². The van der Waals surface area contributed by atoms with Crippen LogP contribution in [0.5, 0.6) is 0 Å². The number of aryl methyl sites for hydroxylation is 1. The van der Waals surface area contributed by atoms with Gasteiger partial charge in [0.25, 0.3) is 0 Å². The molecule has 0 saturated carbocycles. The van der Waals surface area contributed by atoms with E-state index in [1.807, 2.05) is 54.0 Å². The number of piperidine rings is 1. The van der Waals surface area contributed by atoms with Gasteiger partial charge in [-0.05, 0) is 37.1 Å². The van der Waals surface area contributed by atoms with Gasteiger partial charge in [-0.25, -0.2) is 4.98 Å². The Bertz CT molecular complexity index is 1190. The summed E-state index contributed by atoms with van der Waals surface area (Å²) in [6, 6.07) is 13.9. The number of hydrogen-bond acceptors (Lipinski definition) is 5. The Morgan fingerprint density at radius 1 is 1.17 bits per heavy atom. The normalized spacial score (nSPS) is 17.0. The molecule has 3 aromatic heterocycles. The molecule has 1 fully saturated rings. The van der Waals surface area contributed by atoms with Gasteiger partial charge in [-0.2, -0.15) is 0 Å².